The molecule has 2 rings (SSSR count). The molecule has 1 saturated heterocycles. The van der Waals surface area contributed by atoms with E-state index in [1.807, 2.05) is 13.8 Å². The molecule has 1 aromatic carbocycles. The van der Waals surface area contributed by atoms with Gasteiger partial charge in [-0.1, -0.05) is 15.9 Å². The van der Waals surface area contributed by atoms with Crippen LogP contribution in [0, 0.1) is 13.8 Å². The molecule has 0 saturated carbocycles. The average Bonchev–Trinajstić information content (AvgIpc) is 2.56. The van der Waals surface area contributed by atoms with E-state index in [2.05, 4.69) is 28.1 Å². The predicted molar refractivity (Wildman–Crippen MR) is 95.7 cm³/mol. The van der Waals surface area contributed by atoms with Crippen molar-refractivity contribution in [2.45, 2.75) is 44.0 Å². The van der Waals surface area contributed by atoms with Crippen LogP contribution in [0.5, 0.6) is 0 Å². The maximum atomic E-state index is 12.6. The zero-order valence-electron chi connectivity index (χ0n) is 13.7. The Hall–Kier alpha value is -1.01. The lowest BCUT2D eigenvalue weighted by atomic mass is 10.0. The summed E-state index contributed by atoms with van der Waals surface area (Å²) in [4.78, 5) is 27.2. The van der Waals surface area contributed by atoms with Gasteiger partial charge in [0.25, 0.3) is 0 Å². The maximum absolute atomic E-state index is 12.6. The van der Waals surface area contributed by atoms with Crippen LogP contribution >= 0.6 is 27.7 Å². The first-order chi connectivity index (χ1) is 10.9. The number of ether oxygens (including phenoxy) is 1. The first-order valence-electron chi connectivity index (χ1n) is 7.71. The number of methoxy groups -OCH3 is 1. The fourth-order valence-corrected chi connectivity index (χ4v) is 4.19. The van der Waals surface area contributed by atoms with Crippen LogP contribution in [-0.2, 0) is 14.3 Å². The second kappa shape index (κ2) is 8.20. The van der Waals surface area contributed by atoms with Gasteiger partial charge in [0.2, 0.25) is 5.91 Å². The molecular formula is C17H22BrNO3S. The summed E-state index contributed by atoms with van der Waals surface area (Å²) in [6.45, 7) is 4.71. The second-order valence-electron chi connectivity index (χ2n) is 5.78. The monoisotopic (exact) mass is 399 g/mol. The van der Waals surface area contributed by atoms with Gasteiger partial charge in [-0.2, -0.15) is 0 Å². The molecule has 0 spiro atoms. The van der Waals surface area contributed by atoms with Gasteiger partial charge in [-0.05, 0) is 56.4 Å². The fraction of sp³-hybridized carbons (Fsp3) is 0.529. The SMILES string of the molecule is COC(=O)C1CCCCN1C(=O)CSc1cc(C)c(Br)cc1C. The van der Waals surface area contributed by atoms with E-state index < -0.39 is 6.04 Å². The number of benzene rings is 1. The average molecular weight is 400 g/mol. The number of piperidine rings is 1. The van der Waals surface area contributed by atoms with E-state index in [-0.39, 0.29) is 11.9 Å². The van der Waals surface area contributed by atoms with Gasteiger partial charge < -0.3 is 9.64 Å². The van der Waals surface area contributed by atoms with Crippen molar-refractivity contribution in [2.24, 2.45) is 0 Å². The third-order valence-corrected chi connectivity index (χ3v) is 6.10. The van der Waals surface area contributed by atoms with Crippen molar-refractivity contribution in [2.75, 3.05) is 19.4 Å². The minimum absolute atomic E-state index is 0.00470. The summed E-state index contributed by atoms with van der Waals surface area (Å²) >= 11 is 5.05. The summed E-state index contributed by atoms with van der Waals surface area (Å²) in [5.41, 5.74) is 2.29. The van der Waals surface area contributed by atoms with Crippen molar-refractivity contribution in [3.8, 4) is 0 Å². The van der Waals surface area contributed by atoms with Crippen molar-refractivity contribution in [1.82, 2.24) is 4.90 Å². The summed E-state index contributed by atoms with van der Waals surface area (Å²) in [5.74, 6) is 0.0406. The van der Waals surface area contributed by atoms with Gasteiger partial charge in [0.05, 0.1) is 12.9 Å². The molecule has 1 fully saturated rings. The van der Waals surface area contributed by atoms with E-state index in [9.17, 15) is 9.59 Å². The number of halogens is 1. The Labute approximate surface area is 150 Å². The molecule has 0 aliphatic carbocycles. The molecule has 126 valence electrons. The van der Waals surface area contributed by atoms with Crippen LogP contribution in [0.1, 0.15) is 30.4 Å². The van der Waals surface area contributed by atoms with Gasteiger partial charge in [0.15, 0.2) is 0 Å². The van der Waals surface area contributed by atoms with Gasteiger partial charge >= 0.3 is 5.97 Å². The van der Waals surface area contributed by atoms with Crippen molar-refractivity contribution in [3.05, 3.63) is 27.7 Å². The highest BCUT2D eigenvalue weighted by Gasteiger charge is 2.32. The van der Waals surface area contributed by atoms with E-state index in [4.69, 9.17) is 4.74 Å². The zero-order chi connectivity index (χ0) is 17.0. The van der Waals surface area contributed by atoms with Crippen molar-refractivity contribution >= 4 is 39.6 Å². The molecule has 0 N–H and O–H groups in total. The van der Waals surface area contributed by atoms with Crippen LogP contribution in [0.3, 0.4) is 0 Å². The molecule has 1 heterocycles. The van der Waals surface area contributed by atoms with E-state index >= 15 is 0 Å². The molecule has 0 radical (unpaired) electrons. The molecule has 6 heteroatoms. The Balaban J connectivity index is 2.03. The van der Waals surface area contributed by atoms with Gasteiger partial charge in [-0.3, -0.25) is 4.79 Å². The molecule has 1 amide bonds. The number of hydrogen-bond acceptors (Lipinski definition) is 4. The lowest BCUT2D eigenvalue weighted by molar-refractivity contribution is -0.153. The van der Waals surface area contributed by atoms with Crippen LogP contribution < -0.4 is 0 Å². The first-order valence-corrected chi connectivity index (χ1v) is 9.48. The van der Waals surface area contributed by atoms with Crippen molar-refractivity contribution in [1.29, 1.82) is 0 Å². The molecule has 0 aromatic heterocycles. The van der Waals surface area contributed by atoms with Crippen LogP contribution in [0.2, 0.25) is 0 Å². The summed E-state index contributed by atoms with van der Waals surface area (Å²) in [6.07, 6.45) is 2.60. The molecule has 23 heavy (non-hydrogen) atoms. The van der Waals surface area contributed by atoms with Crippen molar-refractivity contribution in [3.63, 3.8) is 0 Å². The van der Waals surface area contributed by atoms with E-state index in [0.29, 0.717) is 18.7 Å². The number of amides is 1. The third kappa shape index (κ3) is 4.51. The number of thioether (sulfide) groups is 1. The van der Waals surface area contributed by atoms with Gasteiger partial charge in [0, 0.05) is 15.9 Å². The van der Waals surface area contributed by atoms with E-state index in [0.717, 1.165) is 33.3 Å². The highest BCUT2D eigenvalue weighted by atomic mass is 79.9. The molecule has 1 atom stereocenters. The van der Waals surface area contributed by atoms with Gasteiger partial charge in [-0.15, -0.1) is 11.8 Å². The normalized spacial score (nSPS) is 17.9. The van der Waals surface area contributed by atoms with Crippen LogP contribution in [0.25, 0.3) is 0 Å². The Morgan fingerprint density at radius 1 is 1.30 bits per heavy atom. The number of carbonyl (C=O) groups is 2. The maximum Gasteiger partial charge on any atom is 0.328 e. The number of esters is 1. The lowest BCUT2D eigenvalue weighted by Gasteiger charge is -2.33. The van der Waals surface area contributed by atoms with Crippen LogP contribution in [0.4, 0.5) is 0 Å². The second-order valence-corrected chi connectivity index (χ2v) is 7.65. The molecule has 0 bridgehead atoms. The van der Waals surface area contributed by atoms with Crippen LogP contribution in [0.15, 0.2) is 21.5 Å². The standard InChI is InChI=1S/C17H22BrNO3S/c1-11-9-15(12(2)8-13(11)18)23-10-16(20)19-7-5-4-6-14(19)17(21)22-3/h8-9,14H,4-7,10H2,1-3H3. The largest absolute Gasteiger partial charge is 0.467 e. The summed E-state index contributed by atoms with van der Waals surface area (Å²) in [7, 11) is 1.38. The Kier molecular flexibility index (Phi) is 6.53. The molecule has 4 nitrogen and oxygen atoms in total. The minimum Gasteiger partial charge on any atom is -0.467 e. The lowest BCUT2D eigenvalue weighted by Crippen LogP contribution is -2.49. The number of nitrogens with zero attached hydrogens (tertiary/aromatic N) is 1. The summed E-state index contributed by atoms with van der Waals surface area (Å²) in [5, 5.41) is 0. The quantitative estimate of drug-likeness (QED) is 0.571. The number of hydrogen-bond donors (Lipinski definition) is 0. The Morgan fingerprint density at radius 3 is 2.74 bits per heavy atom. The number of carbonyl (C=O) groups excluding carboxylic acids is 2. The molecule has 1 aromatic rings. The van der Waals surface area contributed by atoms with Crippen molar-refractivity contribution < 1.29 is 14.3 Å². The number of aryl methyl sites for hydroxylation is 2. The third-order valence-electron chi connectivity index (χ3n) is 4.10. The Morgan fingerprint density at radius 2 is 2.04 bits per heavy atom. The fourth-order valence-electron chi connectivity index (χ4n) is 2.74. The molecular weight excluding hydrogens is 378 g/mol. The highest BCUT2D eigenvalue weighted by Crippen LogP contribution is 2.29. The summed E-state index contributed by atoms with van der Waals surface area (Å²) in [6, 6.07) is 3.74. The number of rotatable bonds is 4. The predicted octanol–water partition coefficient (Wildman–Crippen LogP) is 3.71. The molecule has 1 unspecified atom stereocenters. The van der Waals surface area contributed by atoms with Crippen LogP contribution in [-0.4, -0.2) is 42.2 Å². The summed E-state index contributed by atoms with van der Waals surface area (Å²) < 4.78 is 5.91. The molecule has 1 aliphatic rings. The topological polar surface area (TPSA) is 46.6 Å². The highest BCUT2D eigenvalue weighted by molar-refractivity contribution is 9.10. The molecule has 1 aliphatic heterocycles. The van der Waals surface area contributed by atoms with Gasteiger partial charge in [-0.25, -0.2) is 4.79 Å². The minimum atomic E-state index is -0.422. The first kappa shape index (κ1) is 18.3. The zero-order valence-corrected chi connectivity index (χ0v) is 16.1. The Bertz CT molecular complexity index is 606. The van der Waals surface area contributed by atoms with E-state index in [1.165, 1.54) is 18.9 Å². The smallest absolute Gasteiger partial charge is 0.328 e. The number of likely N-dealkylation sites (tertiary alicyclic amines) is 1. The van der Waals surface area contributed by atoms with E-state index in [1.54, 1.807) is 4.90 Å². The van der Waals surface area contributed by atoms with Gasteiger partial charge in [0.1, 0.15) is 6.04 Å².